The lowest BCUT2D eigenvalue weighted by Gasteiger charge is -2.16. The molecule has 6 aromatic rings. The second-order valence-electron chi connectivity index (χ2n) is 13.1. The highest BCUT2D eigenvalue weighted by molar-refractivity contribution is 7.47. The number of hydrogen-bond donors (Lipinski definition) is 1. The van der Waals surface area contributed by atoms with Gasteiger partial charge in [-0.15, -0.1) is 34.0 Å². The first kappa shape index (κ1) is 36.0. The highest BCUT2D eigenvalue weighted by atomic mass is 32.1. The number of nitrogen functional groups attached to an aromatic ring is 1. The first-order valence-corrected chi connectivity index (χ1v) is 21.4. The van der Waals surface area contributed by atoms with E-state index in [4.69, 9.17) is 26.9 Å². The average Bonchev–Trinajstić information content (AvgIpc) is 3.96. The van der Waals surface area contributed by atoms with Gasteiger partial charge < -0.3 is 5.73 Å². The van der Waals surface area contributed by atoms with Crippen LogP contribution in [0, 0.1) is 11.8 Å². The number of nitrogens with zero attached hydrogens (tertiary/aromatic N) is 3. The Bertz CT molecular complexity index is 2000. The molecule has 2 aromatic carbocycles. The Kier molecular flexibility index (Phi) is 12.4. The number of rotatable bonds is 17. The van der Waals surface area contributed by atoms with Crippen molar-refractivity contribution in [2.45, 2.75) is 91.9 Å². The summed E-state index contributed by atoms with van der Waals surface area (Å²) in [5.41, 5.74) is 17.3. The standard InChI is InChI=1S/C40H46N4S5/c1-5-9-11-25(7-3)23-27-19-21-46-39(27)31-15-13-29(36(42-45)35(31)41)33-17-18-34(48-33)30-14-16-32(38-37(30)43-49-44-38)40-28(20-22-47-40)24-26(8-4)12-10-6-2/h13-22,25-26H,5-12,23-24,41H2,1-4H3. The summed E-state index contributed by atoms with van der Waals surface area (Å²) >= 11 is 12.0. The third-order valence-corrected chi connectivity index (χ3v) is 13.8. The van der Waals surface area contributed by atoms with Gasteiger partial charge >= 0.3 is 0 Å². The van der Waals surface area contributed by atoms with E-state index in [1.807, 2.05) is 11.3 Å². The van der Waals surface area contributed by atoms with Gasteiger partial charge in [-0.05, 0) is 70.8 Å². The van der Waals surface area contributed by atoms with Crippen molar-refractivity contribution in [1.82, 2.24) is 8.75 Å². The molecule has 4 aromatic heterocycles. The van der Waals surface area contributed by atoms with Crippen LogP contribution in [-0.2, 0) is 25.3 Å². The SMILES string of the molecule is CCCCC(CC)Cc1ccsc1-c1ccc(-c2ccc(-c3ccc(-c4sccc4CC(CC)CCCC)c4nsnc34)s2)c(N=S)c1N. The second kappa shape index (κ2) is 16.9. The molecule has 0 saturated heterocycles. The van der Waals surface area contributed by atoms with E-state index < -0.39 is 0 Å². The van der Waals surface area contributed by atoms with Crippen LogP contribution in [0.2, 0.25) is 0 Å². The van der Waals surface area contributed by atoms with Gasteiger partial charge in [-0.1, -0.05) is 103 Å². The molecule has 0 amide bonds. The van der Waals surface area contributed by atoms with Crippen LogP contribution in [-0.4, -0.2) is 8.75 Å². The van der Waals surface area contributed by atoms with Crippen LogP contribution in [0.15, 0.2) is 63.7 Å². The van der Waals surface area contributed by atoms with Gasteiger partial charge in [0.1, 0.15) is 16.7 Å². The minimum atomic E-state index is 0.662. The molecule has 0 saturated carbocycles. The van der Waals surface area contributed by atoms with Crippen LogP contribution in [0.3, 0.4) is 0 Å². The molecule has 0 radical (unpaired) electrons. The van der Waals surface area contributed by atoms with Crippen molar-refractivity contribution in [3.8, 4) is 41.8 Å². The molecule has 4 heterocycles. The van der Waals surface area contributed by atoms with Gasteiger partial charge in [0, 0.05) is 54.2 Å². The van der Waals surface area contributed by atoms with Crippen LogP contribution in [0.5, 0.6) is 0 Å². The zero-order chi connectivity index (χ0) is 34.3. The van der Waals surface area contributed by atoms with E-state index >= 15 is 0 Å². The lowest BCUT2D eigenvalue weighted by atomic mass is 9.91. The van der Waals surface area contributed by atoms with Crippen LogP contribution in [0.25, 0.3) is 52.8 Å². The summed E-state index contributed by atoms with van der Waals surface area (Å²) in [6.07, 6.45) is 12.2. The zero-order valence-corrected chi connectivity index (χ0v) is 33.0. The molecule has 4 nitrogen and oxygen atoms in total. The van der Waals surface area contributed by atoms with E-state index in [9.17, 15) is 0 Å². The molecule has 2 atom stereocenters. The van der Waals surface area contributed by atoms with Crippen molar-refractivity contribution in [3.63, 3.8) is 0 Å². The molecule has 0 bridgehead atoms. The summed E-state index contributed by atoms with van der Waals surface area (Å²) in [6.45, 7) is 9.18. The van der Waals surface area contributed by atoms with E-state index in [1.165, 1.54) is 89.5 Å². The number of unbranched alkanes of at least 4 members (excludes halogenated alkanes) is 2. The maximum atomic E-state index is 6.89. The Morgan fingerprint density at radius 2 is 1.18 bits per heavy atom. The first-order valence-electron chi connectivity index (χ1n) is 17.8. The second-order valence-corrected chi connectivity index (χ2v) is 16.7. The maximum absolute atomic E-state index is 6.89. The van der Waals surface area contributed by atoms with Crippen molar-refractivity contribution in [3.05, 3.63) is 70.4 Å². The fraction of sp³-hybridized carbons (Fsp3) is 0.400. The van der Waals surface area contributed by atoms with Crippen LogP contribution < -0.4 is 5.73 Å². The zero-order valence-electron chi connectivity index (χ0n) is 29.0. The molecular formula is C40H46N4S5. The first-order chi connectivity index (χ1) is 24.0. The molecule has 9 heteroatoms. The quantitative estimate of drug-likeness (QED) is 0.0945. The van der Waals surface area contributed by atoms with Gasteiger partial charge in [0.2, 0.25) is 0 Å². The van der Waals surface area contributed by atoms with Gasteiger partial charge in [-0.3, -0.25) is 0 Å². The molecule has 256 valence electrons. The van der Waals surface area contributed by atoms with Crippen molar-refractivity contribution in [2.75, 3.05) is 5.73 Å². The Balaban J connectivity index is 1.29. The summed E-state index contributed by atoms with van der Waals surface area (Å²) in [6, 6.07) is 17.7. The normalized spacial score (nSPS) is 12.9. The molecule has 0 spiro atoms. The summed E-state index contributed by atoms with van der Waals surface area (Å²) in [7, 11) is 0. The van der Waals surface area contributed by atoms with Crippen molar-refractivity contribution in [1.29, 1.82) is 0 Å². The van der Waals surface area contributed by atoms with E-state index in [2.05, 4.69) is 91.3 Å². The third-order valence-electron chi connectivity index (χ3n) is 9.95. The predicted molar refractivity (Wildman–Crippen MR) is 221 cm³/mol. The van der Waals surface area contributed by atoms with Gasteiger partial charge in [-0.2, -0.15) is 13.1 Å². The number of hydrogen-bond acceptors (Lipinski definition) is 9. The Morgan fingerprint density at radius 3 is 1.76 bits per heavy atom. The fourth-order valence-corrected chi connectivity index (χ4v) is 10.7. The smallest absolute Gasteiger partial charge is 0.114 e. The van der Waals surface area contributed by atoms with Crippen molar-refractivity contribution >= 4 is 80.6 Å². The molecule has 0 aliphatic rings. The van der Waals surface area contributed by atoms with E-state index in [-0.39, 0.29) is 0 Å². The topological polar surface area (TPSA) is 64.2 Å². The van der Waals surface area contributed by atoms with E-state index in [1.54, 1.807) is 22.7 Å². The van der Waals surface area contributed by atoms with Crippen LogP contribution in [0.4, 0.5) is 11.4 Å². The molecule has 6 rings (SSSR count). The highest BCUT2D eigenvalue weighted by Gasteiger charge is 2.22. The molecule has 2 N–H and O–H groups in total. The lowest BCUT2D eigenvalue weighted by Crippen LogP contribution is -2.04. The van der Waals surface area contributed by atoms with Crippen LogP contribution >= 0.6 is 45.7 Å². The molecule has 2 unspecified atom stereocenters. The predicted octanol–water partition coefficient (Wildman–Crippen LogP) is 14.0. The van der Waals surface area contributed by atoms with E-state index in [0.717, 1.165) is 50.3 Å². The summed E-state index contributed by atoms with van der Waals surface area (Å²) in [5.74, 6) is 1.40. The number of thiophene rings is 3. The summed E-state index contributed by atoms with van der Waals surface area (Å²) in [4.78, 5) is 4.81. The molecule has 0 fully saturated rings. The summed E-state index contributed by atoms with van der Waals surface area (Å²) in [5, 5.41) is 4.42. The van der Waals surface area contributed by atoms with Crippen molar-refractivity contribution in [2.24, 2.45) is 16.2 Å². The number of aromatic nitrogens is 2. The monoisotopic (exact) mass is 742 g/mol. The number of fused-ring (bicyclic) bond motifs is 1. The molecule has 0 aliphatic heterocycles. The number of anilines is 1. The fourth-order valence-electron chi connectivity index (χ4n) is 6.95. The van der Waals surface area contributed by atoms with Crippen molar-refractivity contribution < 1.29 is 0 Å². The molecular weight excluding hydrogens is 697 g/mol. The van der Waals surface area contributed by atoms with Gasteiger partial charge in [0.15, 0.2) is 0 Å². The molecule has 49 heavy (non-hydrogen) atoms. The number of nitrogens with two attached hydrogens (primary N) is 1. The average molecular weight is 743 g/mol. The third kappa shape index (κ3) is 7.76. The molecule has 0 aliphatic carbocycles. The minimum absolute atomic E-state index is 0.662. The number of benzene rings is 2. The van der Waals surface area contributed by atoms with Gasteiger partial charge in [0.25, 0.3) is 0 Å². The van der Waals surface area contributed by atoms with E-state index in [0.29, 0.717) is 23.2 Å². The lowest BCUT2D eigenvalue weighted by molar-refractivity contribution is 0.450. The summed E-state index contributed by atoms with van der Waals surface area (Å²) < 4.78 is 14.0. The largest absolute Gasteiger partial charge is 0.396 e. The Labute approximate surface area is 313 Å². The van der Waals surface area contributed by atoms with Gasteiger partial charge in [0.05, 0.1) is 17.4 Å². The Morgan fingerprint density at radius 1 is 0.673 bits per heavy atom. The minimum Gasteiger partial charge on any atom is -0.396 e. The Hall–Kier alpha value is -2.82. The highest BCUT2D eigenvalue weighted by Crippen LogP contribution is 2.48. The van der Waals surface area contributed by atoms with Gasteiger partial charge in [-0.25, -0.2) is 0 Å². The van der Waals surface area contributed by atoms with Crippen LogP contribution in [0.1, 0.15) is 90.2 Å². The maximum Gasteiger partial charge on any atom is 0.114 e.